The Balaban J connectivity index is 1.62. The molecular weight excluding hydrogens is 414 g/mol. The fourth-order valence-electron chi connectivity index (χ4n) is 4.23. The number of hydrogen-bond acceptors (Lipinski definition) is 6. The lowest BCUT2D eigenvalue weighted by molar-refractivity contribution is -0.140. The van der Waals surface area contributed by atoms with Gasteiger partial charge in [0, 0.05) is 16.9 Å². The normalized spacial score (nSPS) is 22.1. The van der Waals surface area contributed by atoms with Crippen LogP contribution in [-0.4, -0.2) is 27.8 Å². The van der Waals surface area contributed by atoms with Gasteiger partial charge in [0.15, 0.2) is 0 Å². The predicted octanol–water partition coefficient (Wildman–Crippen LogP) is 4.59. The first-order valence-corrected chi connectivity index (χ1v) is 11.0. The zero-order valence-corrected chi connectivity index (χ0v) is 17.9. The quantitative estimate of drug-likeness (QED) is 0.368. The number of aliphatic hydroxyl groups is 1. The molecule has 5 rings (SSSR count). The van der Waals surface area contributed by atoms with E-state index in [2.05, 4.69) is 0 Å². The Kier molecular flexibility index (Phi) is 4.70. The number of amides is 1. The molecule has 1 fully saturated rings. The molecule has 1 saturated heterocycles. The highest BCUT2D eigenvalue weighted by Crippen LogP contribution is 2.42. The lowest BCUT2D eigenvalue weighted by Gasteiger charge is -2.22. The number of likely N-dealkylation sites (tertiary alicyclic amines) is 1. The number of aliphatic hydroxyl groups excluding tert-OH is 1. The van der Waals surface area contributed by atoms with Gasteiger partial charge in [0.05, 0.1) is 12.1 Å². The van der Waals surface area contributed by atoms with Crippen LogP contribution in [0.4, 0.5) is 0 Å². The number of ether oxygens (including phenoxy) is 1. The molecule has 7 heteroatoms. The van der Waals surface area contributed by atoms with E-state index in [4.69, 9.17) is 9.15 Å². The minimum absolute atomic E-state index is 0.0443. The maximum atomic E-state index is 13.1. The van der Waals surface area contributed by atoms with Gasteiger partial charge >= 0.3 is 0 Å². The molecule has 1 aromatic carbocycles. The second-order valence-corrected chi connectivity index (χ2v) is 8.94. The van der Waals surface area contributed by atoms with Crippen molar-refractivity contribution < 1.29 is 23.8 Å². The van der Waals surface area contributed by atoms with Crippen LogP contribution in [0.1, 0.15) is 40.5 Å². The second kappa shape index (κ2) is 7.42. The minimum atomic E-state index is -0.792. The van der Waals surface area contributed by atoms with Crippen LogP contribution in [0.3, 0.4) is 0 Å². The van der Waals surface area contributed by atoms with Crippen molar-refractivity contribution in [3.8, 4) is 5.75 Å². The minimum Gasteiger partial charge on any atom is -0.507 e. The van der Waals surface area contributed by atoms with Gasteiger partial charge in [-0.15, -0.1) is 11.3 Å². The predicted molar refractivity (Wildman–Crippen MR) is 116 cm³/mol. The highest BCUT2D eigenvalue weighted by molar-refractivity contribution is 7.09. The molecular formula is C24H21NO5S. The molecule has 0 bridgehead atoms. The Bertz CT molecular complexity index is 1210. The van der Waals surface area contributed by atoms with Crippen LogP contribution in [0, 0.1) is 6.92 Å². The van der Waals surface area contributed by atoms with Crippen molar-refractivity contribution in [2.45, 2.75) is 39.0 Å². The molecule has 0 aliphatic carbocycles. The van der Waals surface area contributed by atoms with E-state index in [0.29, 0.717) is 17.1 Å². The van der Waals surface area contributed by atoms with Gasteiger partial charge in [-0.3, -0.25) is 9.59 Å². The van der Waals surface area contributed by atoms with E-state index in [1.165, 1.54) is 16.2 Å². The molecule has 6 nitrogen and oxygen atoms in total. The zero-order chi connectivity index (χ0) is 21.7. The van der Waals surface area contributed by atoms with Gasteiger partial charge in [-0.2, -0.15) is 0 Å². The number of aryl methyl sites for hydroxylation is 1. The van der Waals surface area contributed by atoms with Gasteiger partial charge in [0.1, 0.15) is 35.2 Å². The smallest absolute Gasteiger partial charge is 0.296 e. The van der Waals surface area contributed by atoms with Crippen molar-refractivity contribution in [1.82, 2.24) is 4.90 Å². The van der Waals surface area contributed by atoms with Crippen molar-refractivity contribution in [1.29, 1.82) is 0 Å². The monoisotopic (exact) mass is 435 g/mol. The summed E-state index contributed by atoms with van der Waals surface area (Å²) in [5.41, 5.74) is 1.50. The number of benzene rings is 1. The fraction of sp³-hybridized carbons (Fsp3) is 0.250. The summed E-state index contributed by atoms with van der Waals surface area (Å²) in [6.45, 7) is 4.05. The number of thiophene rings is 1. The Morgan fingerprint density at radius 2 is 2.06 bits per heavy atom. The molecule has 0 radical (unpaired) electrons. The molecule has 1 amide bonds. The molecule has 1 N–H and O–H groups in total. The number of carbonyl (C=O) groups excluding carboxylic acids is 2. The molecule has 158 valence electrons. The van der Waals surface area contributed by atoms with Crippen LogP contribution in [0.15, 0.2) is 57.8 Å². The van der Waals surface area contributed by atoms with Gasteiger partial charge in [-0.25, -0.2) is 0 Å². The summed E-state index contributed by atoms with van der Waals surface area (Å²) < 4.78 is 11.5. The Labute approximate surface area is 183 Å². The molecule has 2 aliphatic heterocycles. The van der Waals surface area contributed by atoms with Gasteiger partial charge < -0.3 is 19.2 Å². The SMILES string of the molecule is Cc1ccc(C2/C(=C(/O)c3ccc4c(c3)CC(C)O4)C(=O)C(=O)N2Cc2cccs2)o1. The summed E-state index contributed by atoms with van der Waals surface area (Å²) in [5, 5.41) is 13.1. The van der Waals surface area contributed by atoms with Crippen molar-refractivity contribution in [3.05, 3.63) is 80.9 Å². The summed E-state index contributed by atoms with van der Waals surface area (Å²) in [6, 6.07) is 11.9. The molecule has 2 aliphatic rings. The first-order valence-electron chi connectivity index (χ1n) is 10.1. The number of furan rings is 1. The summed E-state index contributed by atoms with van der Waals surface area (Å²) in [6.07, 6.45) is 0.791. The molecule has 2 unspecified atom stereocenters. The number of Topliss-reactive ketones (excluding diaryl/α,β-unsaturated/α-hetero) is 1. The van der Waals surface area contributed by atoms with Crippen LogP contribution in [0.2, 0.25) is 0 Å². The molecule has 4 heterocycles. The number of hydrogen-bond donors (Lipinski definition) is 1. The fourth-order valence-corrected chi connectivity index (χ4v) is 4.94. The topological polar surface area (TPSA) is 80.0 Å². The average Bonchev–Trinajstić information content (AvgIpc) is 3.51. The number of fused-ring (bicyclic) bond motifs is 1. The Hall–Kier alpha value is -3.32. The largest absolute Gasteiger partial charge is 0.507 e. The van der Waals surface area contributed by atoms with Crippen LogP contribution in [-0.2, 0) is 22.6 Å². The lowest BCUT2D eigenvalue weighted by atomic mass is 9.97. The van der Waals surface area contributed by atoms with Crippen molar-refractivity contribution in [2.24, 2.45) is 0 Å². The number of carbonyl (C=O) groups is 2. The summed E-state index contributed by atoms with van der Waals surface area (Å²) >= 11 is 1.51. The molecule has 0 saturated carbocycles. The first kappa shape index (κ1) is 19.6. The van der Waals surface area contributed by atoms with Crippen LogP contribution in [0.5, 0.6) is 5.75 Å². The Morgan fingerprint density at radius 1 is 1.23 bits per heavy atom. The molecule has 0 spiro atoms. The standard InChI is InChI=1S/C24H21NO5S/c1-13-5-7-19(29-13)21-20(23(27)24(28)25(21)12-17-4-3-9-31-17)22(26)15-6-8-18-16(11-15)10-14(2)30-18/h3-9,11,14,21,26H,10,12H2,1-2H3/b22-20-. The van der Waals surface area contributed by atoms with Crippen molar-refractivity contribution in [3.63, 3.8) is 0 Å². The summed E-state index contributed by atoms with van der Waals surface area (Å²) in [5.74, 6) is 0.340. The second-order valence-electron chi connectivity index (χ2n) is 7.91. The van der Waals surface area contributed by atoms with E-state index in [1.54, 1.807) is 31.2 Å². The molecule has 2 aromatic heterocycles. The van der Waals surface area contributed by atoms with E-state index in [0.717, 1.165) is 22.6 Å². The number of nitrogens with zero attached hydrogens (tertiary/aromatic N) is 1. The highest BCUT2D eigenvalue weighted by Gasteiger charge is 2.47. The zero-order valence-electron chi connectivity index (χ0n) is 17.1. The van der Waals surface area contributed by atoms with Gasteiger partial charge in [0.2, 0.25) is 0 Å². The molecule has 2 atom stereocenters. The van der Waals surface area contributed by atoms with E-state index < -0.39 is 17.7 Å². The highest BCUT2D eigenvalue weighted by atomic mass is 32.1. The average molecular weight is 436 g/mol. The van der Waals surface area contributed by atoms with E-state index in [-0.39, 0.29) is 24.0 Å². The van der Waals surface area contributed by atoms with Crippen LogP contribution in [0.25, 0.3) is 5.76 Å². The maximum absolute atomic E-state index is 13.1. The van der Waals surface area contributed by atoms with Gasteiger partial charge in [0.25, 0.3) is 11.7 Å². The molecule has 31 heavy (non-hydrogen) atoms. The number of rotatable bonds is 4. The van der Waals surface area contributed by atoms with Crippen molar-refractivity contribution >= 4 is 28.8 Å². The summed E-state index contributed by atoms with van der Waals surface area (Å²) in [7, 11) is 0. The maximum Gasteiger partial charge on any atom is 0.296 e. The van der Waals surface area contributed by atoms with Crippen LogP contribution >= 0.6 is 11.3 Å². The third-order valence-corrected chi connectivity index (χ3v) is 6.51. The lowest BCUT2D eigenvalue weighted by Crippen LogP contribution is -2.28. The third-order valence-electron chi connectivity index (χ3n) is 5.65. The first-order chi connectivity index (χ1) is 14.9. The Morgan fingerprint density at radius 3 is 2.77 bits per heavy atom. The third kappa shape index (κ3) is 3.35. The van der Waals surface area contributed by atoms with Gasteiger partial charge in [-0.05, 0) is 61.2 Å². The van der Waals surface area contributed by atoms with E-state index in [9.17, 15) is 14.7 Å². The van der Waals surface area contributed by atoms with E-state index >= 15 is 0 Å². The van der Waals surface area contributed by atoms with Gasteiger partial charge in [-0.1, -0.05) is 6.07 Å². The molecule has 3 aromatic rings. The summed E-state index contributed by atoms with van der Waals surface area (Å²) in [4.78, 5) is 28.4. The number of ketones is 1. The van der Waals surface area contributed by atoms with E-state index in [1.807, 2.05) is 30.5 Å². The van der Waals surface area contributed by atoms with Crippen LogP contribution < -0.4 is 4.74 Å². The van der Waals surface area contributed by atoms with Crippen molar-refractivity contribution in [2.75, 3.05) is 0 Å².